The lowest BCUT2D eigenvalue weighted by Crippen LogP contribution is -2.46. The Morgan fingerprint density at radius 2 is 2.36 bits per heavy atom. The quantitative estimate of drug-likeness (QED) is 0.892. The number of hydrogen-bond donors (Lipinski definition) is 2. The number of rotatable bonds is 3. The lowest BCUT2D eigenvalue weighted by molar-refractivity contribution is 0.188. The number of aromatic nitrogens is 4. The molecule has 2 aromatic rings. The van der Waals surface area contributed by atoms with Gasteiger partial charge in [-0.25, -0.2) is 4.79 Å². The van der Waals surface area contributed by atoms with Crippen LogP contribution in [0.2, 0.25) is 0 Å². The first kappa shape index (κ1) is 14.5. The summed E-state index contributed by atoms with van der Waals surface area (Å²) in [5.74, 6) is 0. The van der Waals surface area contributed by atoms with Crippen molar-refractivity contribution in [3.8, 4) is 0 Å². The summed E-state index contributed by atoms with van der Waals surface area (Å²) in [6, 6.07) is -0.0290. The van der Waals surface area contributed by atoms with E-state index in [1.807, 2.05) is 18.7 Å². The lowest BCUT2D eigenvalue weighted by atomic mass is 10.1. The molecule has 2 amide bonds. The van der Waals surface area contributed by atoms with Gasteiger partial charge in [0.15, 0.2) is 0 Å². The fourth-order valence-corrected chi connectivity index (χ4v) is 2.71. The smallest absolute Gasteiger partial charge is 0.317 e. The van der Waals surface area contributed by atoms with E-state index in [0.717, 1.165) is 29.1 Å². The molecule has 0 bridgehead atoms. The number of nitrogens with one attached hydrogen (secondary N) is 2. The number of amides is 2. The van der Waals surface area contributed by atoms with Gasteiger partial charge in [-0.2, -0.15) is 5.10 Å². The molecule has 1 aliphatic heterocycles. The largest absolute Gasteiger partial charge is 0.335 e. The summed E-state index contributed by atoms with van der Waals surface area (Å²) in [4.78, 5) is 22.5. The minimum Gasteiger partial charge on any atom is -0.335 e. The van der Waals surface area contributed by atoms with Crippen LogP contribution in [-0.4, -0.2) is 43.7 Å². The third kappa shape index (κ3) is 3.08. The van der Waals surface area contributed by atoms with Gasteiger partial charge >= 0.3 is 6.03 Å². The molecule has 1 aliphatic rings. The molecule has 7 nitrogen and oxygen atoms in total. The molecular formula is C15H20N6O. The van der Waals surface area contributed by atoms with E-state index < -0.39 is 0 Å². The Labute approximate surface area is 129 Å². The SMILES string of the molecule is Cc1[nH]nc2c1CN(C(=O)NC(C)Cc1cnccn1)CC2. The van der Waals surface area contributed by atoms with Crippen LogP contribution >= 0.6 is 0 Å². The van der Waals surface area contributed by atoms with E-state index in [2.05, 4.69) is 25.5 Å². The molecule has 2 aromatic heterocycles. The third-order valence-corrected chi connectivity index (χ3v) is 3.92. The van der Waals surface area contributed by atoms with E-state index >= 15 is 0 Å². The van der Waals surface area contributed by atoms with Crippen molar-refractivity contribution in [3.05, 3.63) is 41.2 Å². The van der Waals surface area contributed by atoms with Crippen molar-refractivity contribution in [1.82, 2.24) is 30.4 Å². The standard InChI is InChI=1S/C15H20N6O/c1-10(7-12-8-16-4-5-17-12)18-15(22)21-6-3-14-13(9-21)11(2)19-20-14/h4-5,8,10H,3,6-7,9H2,1-2H3,(H,18,22)(H,19,20). The molecule has 3 heterocycles. The highest BCUT2D eigenvalue weighted by molar-refractivity contribution is 5.74. The maximum absolute atomic E-state index is 12.4. The minimum absolute atomic E-state index is 0.0102. The van der Waals surface area contributed by atoms with Crippen LogP contribution < -0.4 is 5.32 Å². The molecule has 22 heavy (non-hydrogen) atoms. The average Bonchev–Trinajstić information content (AvgIpc) is 2.89. The number of hydrogen-bond acceptors (Lipinski definition) is 4. The molecule has 1 atom stereocenters. The van der Waals surface area contributed by atoms with E-state index in [0.29, 0.717) is 19.5 Å². The van der Waals surface area contributed by atoms with Gasteiger partial charge in [0.2, 0.25) is 0 Å². The van der Waals surface area contributed by atoms with Gasteiger partial charge in [0.1, 0.15) is 0 Å². The van der Waals surface area contributed by atoms with Gasteiger partial charge in [0.25, 0.3) is 0 Å². The van der Waals surface area contributed by atoms with Crippen LogP contribution in [0.15, 0.2) is 18.6 Å². The molecular weight excluding hydrogens is 280 g/mol. The summed E-state index contributed by atoms with van der Waals surface area (Å²) in [7, 11) is 0. The zero-order valence-electron chi connectivity index (χ0n) is 12.8. The Morgan fingerprint density at radius 3 is 3.14 bits per heavy atom. The molecule has 0 aliphatic carbocycles. The van der Waals surface area contributed by atoms with E-state index in [9.17, 15) is 4.79 Å². The molecule has 116 valence electrons. The second-order valence-electron chi connectivity index (χ2n) is 5.70. The van der Waals surface area contributed by atoms with Crippen molar-refractivity contribution in [2.45, 2.75) is 39.3 Å². The topological polar surface area (TPSA) is 86.8 Å². The summed E-state index contributed by atoms with van der Waals surface area (Å²) in [6.45, 7) is 5.28. The molecule has 1 unspecified atom stereocenters. The summed E-state index contributed by atoms with van der Waals surface area (Å²) >= 11 is 0. The van der Waals surface area contributed by atoms with Crippen LogP contribution in [0, 0.1) is 6.92 Å². The van der Waals surface area contributed by atoms with E-state index in [4.69, 9.17) is 0 Å². The average molecular weight is 300 g/mol. The molecule has 0 spiro atoms. The number of H-pyrrole nitrogens is 1. The van der Waals surface area contributed by atoms with Gasteiger partial charge in [-0.15, -0.1) is 0 Å². The van der Waals surface area contributed by atoms with Crippen LogP contribution in [0.4, 0.5) is 4.79 Å². The van der Waals surface area contributed by atoms with Gasteiger partial charge in [-0.05, 0) is 13.8 Å². The maximum Gasteiger partial charge on any atom is 0.317 e. The number of aryl methyl sites for hydroxylation is 1. The first-order valence-corrected chi connectivity index (χ1v) is 7.46. The van der Waals surface area contributed by atoms with Crippen LogP contribution in [0.1, 0.15) is 29.6 Å². The second-order valence-corrected chi connectivity index (χ2v) is 5.70. The Bertz CT molecular complexity index is 653. The number of nitrogens with zero attached hydrogens (tertiary/aromatic N) is 4. The van der Waals surface area contributed by atoms with Crippen molar-refractivity contribution >= 4 is 6.03 Å². The normalized spacial score (nSPS) is 15.3. The van der Waals surface area contributed by atoms with Crippen molar-refractivity contribution in [2.75, 3.05) is 6.54 Å². The van der Waals surface area contributed by atoms with Gasteiger partial charge in [0.05, 0.1) is 17.9 Å². The Morgan fingerprint density at radius 1 is 1.50 bits per heavy atom. The summed E-state index contributed by atoms with van der Waals surface area (Å²) in [5, 5.41) is 10.3. The molecule has 2 N–H and O–H groups in total. The molecule has 0 saturated carbocycles. The molecule has 0 aromatic carbocycles. The first-order valence-electron chi connectivity index (χ1n) is 7.46. The summed E-state index contributed by atoms with van der Waals surface area (Å²) in [5.41, 5.74) is 4.14. The third-order valence-electron chi connectivity index (χ3n) is 3.92. The zero-order valence-corrected chi connectivity index (χ0v) is 12.8. The molecule has 0 fully saturated rings. The number of urea groups is 1. The van der Waals surface area contributed by atoms with Crippen molar-refractivity contribution in [1.29, 1.82) is 0 Å². The molecule has 0 saturated heterocycles. The van der Waals surface area contributed by atoms with Crippen molar-refractivity contribution < 1.29 is 4.79 Å². The van der Waals surface area contributed by atoms with Gasteiger partial charge in [-0.3, -0.25) is 15.1 Å². The Hall–Kier alpha value is -2.44. The van der Waals surface area contributed by atoms with E-state index in [1.54, 1.807) is 18.6 Å². The zero-order chi connectivity index (χ0) is 15.5. The number of carbonyl (C=O) groups is 1. The Balaban J connectivity index is 1.57. The minimum atomic E-state index is -0.0392. The molecule has 0 radical (unpaired) electrons. The highest BCUT2D eigenvalue weighted by atomic mass is 16.2. The highest BCUT2D eigenvalue weighted by Crippen LogP contribution is 2.19. The monoisotopic (exact) mass is 300 g/mol. The number of fused-ring (bicyclic) bond motifs is 1. The van der Waals surface area contributed by atoms with Gasteiger partial charge < -0.3 is 10.2 Å². The fraction of sp³-hybridized carbons (Fsp3) is 0.467. The van der Waals surface area contributed by atoms with Crippen LogP contribution in [0.25, 0.3) is 0 Å². The molecule has 7 heteroatoms. The lowest BCUT2D eigenvalue weighted by Gasteiger charge is -2.28. The predicted octanol–water partition coefficient (Wildman–Crippen LogP) is 1.21. The van der Waals surface area contributed by atoms with E-state index in [-0.39, 0.29) is 12.1 Å². The summed E-state index contributed by atoms with van der Waals surface area (Å²) < 4.78 is 0. The Kier molecular flexibility index (Phi) is 4.04. The van der Waals surface area contributed by atoms with Crippen LogP contribution in [0.3, 0.4) is 0 Å². The highest BCUT2D eigenvalue weighted by Gasteiger charge is 2.24. The predicted molar refractivity (Wildman–Crippen MR) is 81.2 cm³/mol. The van der Waals surface area contributed by atoms with Crippen molar-refractivity contribution in [3.63, 3.8) is 0 Å². The summed E-state index contributed by atoms with van der Waals surface area (Å²) in [6.07, 6.45) is 6.50. The van der Waals surface area contributed by atoms with Gasteiger partial charge in [0, 0.05) is 55.3 Å². The van der Waals surface area contributed by atoms with Crippen LogP contribution in [-0.2, 0) is 19.4 Å². The first-order chi connectivity index (χ1) is 10.6. The second kappa shape index (κ2) is 6.13. The van der Waals surface area contributed by atoms with Gasteiger partial charge in [-0.1, -0.05) is 0 Å². The fourth-order valence-electron chi connectivity index (χ4n) is 2.71. The number of carbonyl (C=O) groups excluding carboxylic acids is 1. The van der Waals surface area contributed by atoms with Crippen molar-refractivity contribution in [2.24, 2.45) is 0 Å². The van der Waals surface area contributed by atoms with E-state index in [1.165, 1.54) is 0 Å². The molecule has 3 rings (SSSR count). The number of aromatic amines is 1. The maximum atomic E-state index is 12.4. The van der Waals surface area contributed by atoms with Crippen LogP contribution in [0.5, 0.6) is 0 Å².